The number of hydrogen-bond donors (Lipinski definition) is 1. The van der Waals surface area contributed by atoms with E-state index in [1.54, 1.807) is 19.1 Å². The Kier molecular flexibility index (Phi) is 6.57. The lowest BCUT2D eigenvalue weighted by molar-refractivity contribution is -0.139. The van der Waals surface area contributed by atoms with Gasteiger partial charge in [-0.3, -0.25) is 9.59 Å². The maximum atomic E-state index is 12.4. The van der Waals surface area contributed by atoms with Crippen molar-refractivity contribution in [1.29, 1.82) is 0 Å². The summed E-state index contributed by atoms with van der Waals surface area (Å²) in [5.74, 6) is 0.443. The van der Waals surface area contributed by atoms with Crippen LogP contribution in [0.3, 0.4) is 0 Å². The van der Waals surface area contributed by atoms with E-state index in [-0.39, 0.29) is 11.8 Å². The number of carbonyl (C=O) groups is 2. The van der Waals surface area contributed by atoms with Crippen LogP contribution < -0.4 is 10.1 Å². The number of likely N-dealkylation sites (N-methyl/N-ethyl adjacent to an activating group) is 1. The van der Waals surface area contributed by atoms with Gasteiger partial charge in [-0.15, -0.1) is 0 Å². The minimum Gasteiger partial charge on any atom is -0.497 e. The standard InChI is InChI=1S/C20H24N2O3/c1-15(23)22(14-17-9-11-18(25-3)12-10-17)19(20(24)21-2)13-16-7-5-4-6-8-16/h4-12,19H,13-14H2,1-3H3,(H,21,24)/t19-/m1/s1. The van der Waals surface area contributed by atoms with Crippen molar-refractivity contribution < 1.29 is 14.3 Å². The van der Waals surface area contributed by atoms with Gasteiger partial charge in [0.15, 0.2) is 0 Å². The van der Waals surface area contributed by atoms with Gasteiger partial charge < -0.3 is 15.0 Å². The summed E-state index contributed by atoms with van der Waals surface area (Å²) < 4.78 is 5.16. The zero-order chi connectivity index (χ0) is 18.2. The molecule has 2 aromatic rings. The molecule has 2 amide bonds. The van der Waals surface area contributed by atoms with Crippen molar-refractivity contribution in [3.05, 3.63) is 65.7 Å². The molecule has 0 saturated carbocycles. The van der Waals surface area contributed by atoms with E-state index in [0.29, 0.717) is 13.0 Å². The third kappa shape index (κ3) is 5.08. The maximum Gasteiger partial charge on any atom is 0.242 e. The average Bonchev–Trinajstić information content (AvgIpc) is 2.65. The van der Waals surface area contributed by atoms with Gasteiger partial charge in [-0.2, -0.15) is 0 Å². The van der Waals surface area contributed by atoms with E-state index in [0.717, 1.165) is 16.9 Å². The zero-order valence-corrected chi connectivity index (χ0v) is 14.9. The number of nitrogens with one attached hydrogen (secondary N) is 1. The summed E-state index contributed by atoms with van der Waals surface area (Å²) in [6.07, 6.45) is 0.469. The molecule has 0 radical (unpaired) electrons. The highest BCUT2D eigenvalue weighted by Gasteiger charge is 2.27. The third-order valence-corrected chi connectivity index (χ3v) is 4.11. The first-order valence-electron chi connectivity index (χ1n) is 8.20. The van der Waals surface area contributed by atoms with Crippen LogP contribution in [-0.4, -0.2) is 36.9 Å². The van der Waals surface area contributed by atoms with Crippen molar-refractivity contribution in [1.82, 2.24) is 10.2 Å². The number of benzene rings is 2. The fourth-order valence-corrected chi connectivity index (χ4v) is 2.72. The van der Waals surface area contributed by atoms with Gasteiger partial charge in [0.05, 0.1) is 7.11 Å². The van der Waals surface area contributed by atoms with E-state index < -0.39 is 6.04 Å². The van der Waals surface area contributed by atoms with Crippen molar-refractivity contribution in [3.63, 3.8) is 0 Å². The normalized spacial score (nSPS) is 11.5. The molecule has 0 bridgehead atoms. The lowest BCUT2D eigenvalue weighted by atomic mass is 10.0. The Bertz CT molecular complexity index is 699. The summed E-state index contributed by atoms with van der Waals surface area (Å²) in [6, 6.07) is 16.6. The predicted molar refractivity (Wildman–Crippen MR) is 97.2 cm³/mol. The highest BCUT2D eigenvalue weighted by Crippen LogP contribution is 2.17. The molecule has 5 nitrogen and oxygen atoms in total. The van der Waals surface area contributed by atoms with Gasteiger partial charge in [0, 0.05) is 26.9 Å². The van der Waals surface area contributed by atoms with Crippen LogP contribution in [0.2, 0.25) is 0 Å². The van der Waals surface area contributed by atoms with E-state index in [4.69, 9.17) is 4.74 Å². The summed E-state index contributed by atoms with van der Waals surface area (Å²) in [4.78, 5) is 26.3. The first-order chi connectivity index (χ1) is 12.0. The Hall–Kier alpha value is -2.82. The molecule has 0 aliphatic heterocycles. The first kappa shape index (κ1) is 18.5. The second-order valence-corrected chi connectivity index (χ2v) is 5.81. The summed E-state index contributed by atoms with van der Waals surface area (Å²) in [5, 5.41) is 2.67. The van der Waals surface area contributed by atoms with Crippen molar-refractivity contribution in [2.45, 2.75) is 25.9 Å². The lowest BCUT2D eigenvalue weighted by Gasteiger charge is -2.30. The minimum atomic E-state index is -0.563. The molecule has 2 rings (SSSR count). The number of hydrogen-bond acceptors (Lipinski definition) is 3. The van der Waals surface area contributed by atoms with Crippen LogP contribution in [0, 0.1) is 0 Å². The number of nitrogens with zero attached hydrogens (tertiary/aromatic N) is 1. The smallest absolute Gasteiger partial charge is 0.242 e. The van der Waals surface area contributed by atoms with Gasteiger partial charge >= 0.3 is 0 Å². The topological polar surface area (TPSA) is 58.6 Å². The van der Waals surface area contributed by atoms with Crippen LogP contribution in [0.1, 0.15) is 18.1 Å². The molecular formula is C20H24N2O3. The Morgan fingerprint density at radius 1 is 1.04 bits per heavy atom. The molecule has 0 fully saturated rings. The van der Waals surface area contributed by atoms with Crippen LogP contribution in [0.15, 0.2) is 54.6 Å². The molecule has 0 saturated heterocycles. The molecule has 1 atom stereocenters. The summed E-state index contributed by atoms with van der Waals surface area (Å²) in [7, 11) is 3.20. The number of amides is 2. The Labute approximate surface area is 148 Å². The molecule has 1 N–H and O–H groups in total. The van der Waals surface area contributed by atoms with Gasteiger partial charge in [0.2, 0.25) is 11.8 Å². The molecule has 25 heavy (non-hydrogen) atoms. The van der Waals surface area contributed by atoms with Crippen LogP contribution in [-0.2, 0) is 22.6 Å². The fraction of sp³-hybridized carbons (Fsp3) is 0.300. The second-order valence-electron chi connectivity index (χ2n) is 5.81. The van der Waals surface area contributed by atoms with E-state index >= 15 is 0 Å². The van der Waals surface area contributed by atoms with E-state index in [2.05, 4.69) is 5.32 Å². The van der Waals surface area contributed by atoms with E-state index in [9.17, 15) is 9.59 Å². The molecule has 0 unspecified atom stereocenters. The lowest BCUT2D eigenvalue weighted by Crippen LogP contribution is -2.49. The van der Waals surface area contributed by atoms with Crippen LogP contribution in [0.25, 0.3) is 0 Å². The van der Waals surface area contributed by atoms with Gasteiger partial charge in [-0.25, -0.2) is 0 Å². The summed E-state index contributed by atoms with van der Waals surface area (Å²) in [5.41, 5.74) is 1.95. The van der Waals surface area contributed by atoms with Crippen molar-refractivity contribution in [3.8, 4) is 5.75 Å². The molecular weight excluding hydrogens is 316 g/mol. The largest absolute Gasteiger partial charge is 0.497 e. The molecule has 0 aliphatic carbocycles. The van der Waals surface area contributed by atoms with Gasteiger partial charge in [-0.05, 0) is 23.3 Å². The second kappa shape index (κ2) is 8.87. The quantitative estimate of drug-likeness (QED) is 0.842. The number of methoxy groups -OCH3 is 1. The first-order valence-corrected chi connectivity index (χ1v) is 8.20. The molecule has 0 aliphatic rings. The van der Waals surface area contributed by atoms with Gasteiger partial charge in [-0.1, -0.05) is 42.5 Å². The zero-order valence-electron chi connectivity index (χ0n) is 14.9. The monoisotopic (exact) mass is 340 g/mol. The Morgan fingerprint density at radius 3 is 2.20 bits per heavy atom. The molecule has 132 valence electrons. The number of rotatable bonds is 7. The van der Waals surface area contributed by atoms with Gasteiger partial charge in [0.1, 0.15) is 11.8 Å². The van der Waals surface area contributed by atoms with Crippen LogP contribution in [0.4, 0.5) is 0 Å². The third-order valence-electron chi connectivity index (χ3n) is 4.11. The molecule has 5 heteroatoms. The van der Waals surface area contributed by atoms with E-state index in [1.807, 2.05) is 54.6 Å². The summed E-state index contributed by atoms with van der Waals surface area (Å²) >= 11 is 0. The molecule has 0 heterocycles. The number of carbonyl (C=O) groups excluding carboxylic acids is 2. The number of ether oxygens (including phenoxy) is 1. The molecule has 0 aromatic heterocycles. The highest BCUT2D eigenvalue weighted by molar-refractivity contribution is 5.87. The maximum absolute atomic E-state index is 12.4. The van der Waals surface area contributed by atoms with Crippen molar-refractivity contribution >= 4 is 11.8 Å². The molecule has 2 aromatic carbocycles. The molecule has 0 spiro atoms. The highest BCUT2D eigenvalue weighted by atomic mass is 16.5. The minimum absolute atomic E-state index is 0.139. The van der Waals surface area contributed by atoms with Crippen molar-refractivity contribution in [2.24, 2.45) is 0 Å². The van der Waals surface area contributed by atoms with Crippen molar-refractivity contribution in [2.75, 3.05) is 14.2 Å². The average molecular weight is 340 g/mol. The SMILES string of the molecule is CNC(=O)[C@@H](Cc1ccccc1)N(Cc1ccc(OC)cc1)C(C)=O. The Morgan fingerprint density at radius 2 is 1.68 bits per heavy atom. The predicted octanol–water partition coefficient (Wildman–Crippen LogP) is 2.40. The Balaban J connectivity index is 2.25. The summed E-state index contributed by atoms with van der Waals surface area (Å²) in [6.45, 7) is 1.86. The van der Waals surface area contributed by atoms with Gasteiger partial charge in [0.25, 0.3) is 0 Å². The van der Waals surface area contributed by atoms with Crippen LogP contribution in [0.5, 0.6) is 5.75 Å². The van der Waals surface area contributed by atoms with Crippen LogP contribution >= 0.6 is 0 Å². The fourth-order valence-electron chi connectivity index (χ4n) is 2.72. The van der Waals surface area contributed by atoms with E-state index in [1.165, 1.54) is 6.92 Å².